The minimum Gasteiger partial charge on any atom is -0.493 e. The molecule has 0 bridgehead atoms. The third-order valence-corrected chi connectivity index (χ3v) is 2.30. The molecule has 1 heterocycles. The fourth-order valence-electron chi connectivity index (χ4n) is 1.54. The molecule has 90 valence electrons. The van der Waals surface area contributed by atoms with Gasteiger partial charge in [0.25, 0.3) is 0 Å². The Morgan fingerprint density at radius 2 is 2.00 bits per heavy atom. The van der Waals surface area contributed by atoms with Gasteiger partial charge in [-0.1, -0.05) is 5.21 Å². The predicted molar refractivity (Wildman–Crippen MR) is 58.3 cm³/mol. The SMILES string of the molecule is COc1cc2nnn(CC(=O)O)c2cc1OC. The molecule has 0 amide bonds. The first-order valence-corrected chi connectivity index (χ1v) is 4.82. The van der Waals surface area contributed by atoms with E-state index in [1.165, 1.54) is 18.9 Å². The lowest BCUT2D eigenvalue weighted by Gasteiger charge is -2.07. The van der Waals surface area contributed by atoms with Crippen LogP contribution in [-0.4, -0.2) is 40.3 Å². The second-order valence-electron chi connectivity index (χ2n) is 3.34. The Bertz CT molecular complexity index is 564. The van der Waals surface area contributed by atoms with E-state index >= 15 is 0 Å². The summed E-state index contributed by atoms with van der Waals surface area (Å²) in [6.45, 7) is -0.244. The Hall–Kier alpha value is -2.31. The Labute approximate surface area is 96.6 Å². The maximum atomic E-state index is 10.6. The van der Waals surface area contributed by atoms with Crippen molar-refractivity contribution in [3.05, 3.63) is 12.1 Å². The van der Waals surface area contributed by atoms with E-state index in [0.29, 0.717) is 22.5 Å². The van der Waals surface area contributed by atoms with E-state index in [1.54, 1.807) is 12.1 Å². The summed E-state index contributed by atoms with van der Waals surface area (Å²) in [6, 6.07) is 3.30. The molecule has 2 rings (SSSR count). The van der Waals surface area contributed by atoms with Gasteiger partial charge < -0.3 is 14.6 Å². The van der Waals surface area contributed by atoms with Crippen LogP contribution in [0.2, 0.25) is 0 Å². The number of rotatable bonds is 4. The van der Waals surface area contributed by atoms with Gasteiger partial charge in [0.2, 0.25) is 0 Å². The summed E-state index contributed by atoms with van der Waals surface area (Å²) in [7, 11) is 3.03. The highest BCUT2D eigenvalue weighted by molar-refractivity contribution is 5.80. The maximum Gasteiger partial charge on any atom is 0.325 e. The average molecular weight is 237 g/mol. The standard InChI is InChI=1S/C10H11N3O4/c1-16-8-3-6-7(4-9(8)17-2)13(12-11-6)5-10(14)15/h3-4H,5H2,1-2H3,(H,14,15). The van der Waals surface area contributed by atoms with Crippen molar-refractivity contribution in [1.29, 1.82) is 0 Å². The van der Waals surface area contributed by atoms with Crippen molar-refractivity contribution >= 4 is 17.0 Å². The van der Waals surface area contributed by atoms with Crippen LogP contribution in [0.25, 0.3) is 11.0 Å². The van der Waals surface area contributed by atoms with Gasteiger partial charge in [0, 0.05) is 12.1 Å². The molecule has 1 N–H and O–H groups in total. The fourth-order valence-corrected chi connectivity index (χ4v) is 1.54. The number of carbonyl (C=O) groups is 1. The lowest BCUT2D eigenvalue weighted by molar-refractivity contribution is -0.137. The highest BCUT2D eigenvalue weighted by Crippen LogP contribution is 2.30. The van der Waals surface area contributed by atoms with E-state index in [1.807, 2.05) is 0 Å². The molecule has 7 heteroatoms. The second-order valence-corrected chi connectivity index (χ2v) is 3.34. The molecule has 0 saturated heterocycles. The molecule has 1 aromatic carbocycles. The molecule has 1 aromatic heterocycles. The van der Waals surface area contributed by atoms with E-state index in [9.17, 15) is 4.79 Å². The van der Waals surface area contributed by atoms with E-state index in [4.69, 9.17) is 14.6 Å². The summed E-state index contributed by atoms with van der Waals surface area (Å²) < 4.78 is 11.5. The Morgan fingerprint density at radius 3 is 2.59 bits per heavy atom. The third kappa shape index (κ3) is 1.99. The molecule has 0 fully saturated rings. The molecule has 0 radical (unpaired) electrons. The molecule has 0 saturated carbocycles. The molecular weight excluding hydrogens is 226 g/mol. The molecule has 2 aromatic rings. The first-order chi connectivity index (χ1) is 8.15. The topological polar surface area (TPSA) is 86.5 Å². The number of carboxylic acid groups (broad SMARTS) is 1. The van der Waals surface area contributed by atoms with Crippen molar-refractivity contribution < 1.29 is 19.4 Å². The Balaban J connectivity index is 2.56. The number of carboxylic acids is 1. The third-order valence-electron chi connectivity index (χ3n) is 2.30. The van der Waals surface area contributed by atoms with Gasteiger partial charge in [0.1, 0.15) is 12.1 Å². The van der Waals surface area contributed by atoms with Crippen molar-refractivity contribution in [3.63, 3.8) is 0 Å². The first-order valence-electron chi connectivity index (χ1n) is 4.82. The second kappa shape index (κ2) is 4.28. The zero-order chi connectivity index (χ0) is 12.4. The van der Waals surface area contributed by atoms with Crippen LogP contribution in [0.5, 0.6) is 11.5 Å². The van der Waals surface area contributed by atoms with Gasteiger partial charge in [0.15, 0.2) is 11.5 Å². The Morgan fingerprint density at radius 1 is 1.35 bits per heavy atom. The van der Waals surface area contributed by atoms with Gasteiger partial charge in [-0.2, -0.15) is 0 Å². The van der Waals surface area contributed by atoms with Gasteiger partial charge in [-0.25, -0.2) is 4.68 Å². The molecule has 0 atom stereocenters. The summed E-state index contributed by atoms with van der Waals surface area (Å²) in [5.74, 6) is 0.0582. The molecular formula is C10H11N3O4. The number of nitrogens with zero attached hydrogens (tertiary/aromatic N) is 3. The zero-order valence-corrected chi connectivity index (χ0v) is 9.38. The van der Waals surface area contributed by atoms with Crippen LogP contribution in [0.3, 0.4) is 0 Å². The van der Waals surface area contributed by atoms with Crippen LogP contribution in [0.1, 0.15) is 0 Å². The fraction of sp³-hybridized carbons (Fsp3) is 0.300. The molecule has 0 spiro atoms. The summed E-state index contributed by atoms with van der Waals surface area (Å²) in [6.07, 6.45) is 0. The van der Waals surface area contributed by atoms with E-state index in [0.717, 1.165) is 0 Å². The maximum absolute atomic E-state index is 10.6. The van der Waals surface area contributed by atoms with Crippen LogP contribution < -0.4 is 9.47 Å². The number of hydrogen-bond acceptors (Lipinski definition) is 5. The molecule has 0 aliphatic heterocycles. The number of fused-ring (bicyclic) bond motifs is 1. The lowest BCUT2D eigenvalue weighted by atomic mass is 10.2. The van der Waals surface area contributed by atoms with Gasteiger partial charge in [0.05, 0.1) is 19.7 Å². The number of hydrogen-bond donors (Lipinski definition) is 1. The largest absolute Gasteiger partial charge is 0.493 e. The lowest BCUT2D eigenvalue weighted by Crippen LogP contribution is -2.10. The van der Waals surface area contributed by atoms with Crippen molar-refractivity contribution in [2.24, 2.45) is 0 Å². The monoisotopic (exact) mass is 237 g/mol. The van der Waals surface area contributed by atoms with Gasteiger partial charge in [-0.3, -0.25) is 4.79 Å². The summed E-state index contributed by atoms with van der Waals surface area (Å²) in [5.41, 5.74) is 1.15. The van der Waals surface area contributed by atoms with Crippen LogP contribution in [0.4, 0.5) is 0 Å². The van der Waals surface area contributed by atoms with Crippen molar-refractivity contribution in [1.82, 2.24) is 15.0 Å². The smallest absolute Gasteiger partial charge is 0.325 e. The molecule has 17 heavy (non-hydrogen) atoms. The van der Waals surface area contributed by atoms with Crippen molar-refractivity contribution in [2.75, 3.05) is 14.2 Å². The van der Waals surface area contributed by atoms with Gasteiger partial charge in [-0.15, -0.1) is 5.10 Å². The number of benzene rings is 1. The first kappa shape index (κ1) is 11.2. The average Bonchev–Trinajstić information content (AvgIpc) is 2.69. The normalized spacial score (nSPS) is 10.5. The minimum atomic E-state index is -0.980. The molecule has 7 nitrogen and oxygen atoms in total. The van der Waals surface area contributed by atoms with Crippen LogP contribution in [-0.2, 0) is 11.3 Å². The van der Waals surface area contributed by atoms with Crippen LogP contribution >= 0.6 is 0 Å². The number of ether oxygens (including phenoxy) is 2. The summed E-state index contributed by atoms with van der Waals surface area (Å²) in [5, 5.41) is 16.4. The zero-order valence-electron chi connectivity index (χ0n) is 9.38. The molecule has 0 aliphatic carbocycles. The van der Waals surface area contributed by atoms with Gasteiger partial charge >= 0.3 is 5.97 Å². The number of aromatic nitrogens is 3. The van der Waals surface area contributed by atoms with E-state index in [2.05, 4.69) is 10.3 Å². The van der Waals surface area contributed by atoms with E-state index in [-0.39, 0.29) is 6.54 Å². The van der Waals surface area contributed by atoms with Crippen molar-refractivity contribution in [3.8, 4) is 11.5 Å². The number of aliphatic carboxylic acids is 1. The minimum absolute atomic E-state index is 0.244. The molecule has 0 aliphatic rings. The summed E-state index contributed by atoms with van der Waals surface area (Å²) in [4.78, 5) is 10.6. The highest BCUT2D eigenvalue weighted by atomic mass is 16.5. The van der Waals surface area contributed by atoms with E-state index < -0.39 is 5.97 Å². The summed E-state index contributed by atoms with van der Waals surface area (Å²) >= 11 is 0. The quantitative estimate of drug-likeness (QED) is 0.834. The number of methoxy groups -OCH3 is 2. The predicted octanol–water partition coefficient (Wildman–Crippen LogP) is 0.533. The Kier molecular flexibility index (Phi) is 2.82. The van der Waals surface area contributed by atoms with Crippen LogP contribution in [0.15, 0.2) is 12.1 Å². The van der Waals surface area contributed by atoms with Crippen molar-refractivity contribution in [2.45, 2.75) is 6.54 Å². The highest BCUT2D eigenvalue weighted by Gasteiger charge is 2.12. The molecule has 0 unspecified atom stereocenters. The van der Waals surface area contributed by atoms with Gasteiger partial charge in [-0.05, 0) is 0 Å². The van der Waals surface area contributed by atoms with Crippen LogP contribution in [0, 0.1) is 0 Å².